The van der Waals surface area contributed by atoms with Gasteiger partial charge in [-0.05, 0) is 5.56 Å². The molecule has 1 fully saturated rings. The normalized spacial score (nSPS) is 22.6. The molecule has 4 heteroatoms. The third-order valence-electron chi connectivity index (χ3n) is 2.14. The Labute approximate surface area is 82.4 Å². The maximum atomic E-state index is 11.1. The third kappa shape index (κ3) is 1.85. The van der Waals surface area contributed by atoms with Crippen LogP contribution in [-0.2, 0) is 4.74 Å². The van der Waals surface area contributed by atoms with Gasteiger partial charge in [-0.2, -0.15) is 0 Å². The Hall–Kier alpha value is -1.55. The summed E-state index contributed by atoms with van der Waals surface area (Å²) in [6.07, 6.45) is -0.567. The summed E-state index contributed by atoms with van der Waals surface area (Å²) in [7, 11) is 1.82. The molecule has 14 heavy (non-hydrogen) atoms. The van der Waals surface area contributed by atoms with Crippen molar-refractivity contribution < 1.29 is 9.53 Å². The Morgan fingerprint density at radius 1 is 1.43 bits per heavy atom. The molecule has 1 heterocycles. The Balaban J connectivity index is 2.15. The number of carbonyl (C=O) groups is 1. The van der Waals surface area contributed by atoms with E-state index in [1.54, 1.807) is 5.01 Å². The minimum atomic E-state index is -0.396. The summed E-state index contributed by atoms with van der Waals surface area (Å²) in [5.74, 6) is 0. The highest BCUT2D eigenvalue weighted by atomic mass is 16.6. The van der Waals surface area contributed by atoms with Gasteiger partial charge in [0.25, 0.3) is 0 Å². The molecule has 74 valence electrons. The predicted molar refractivity (Wildman–Crippen MR) is 51.4 cm³/mol. The highest BCUT2D eigenvalue weighted by Gasteiger charge is 2.24. The summed E-state index contributed by atoms with van der Waals surface area (Å²) in [5, 5.41) is 1.73. The van der Waals surface area contributed by atoms with Gasteiger partial charge in [0.05, 0.1) is 6.54 Å². The van der Waals surface area contributed by atoms with E-state index in [1.165, 1.54) is 0 Å². The molecular weight excluding hydrogens is 180 g/mol. The van der Waals surface area contributed by atoms with Crippen LogP contribution in [0.5, 0.6) is 0 Å². The number of carbonyl (C=O) groups excluding carboxylic acids is 1. The van der Waals surface area contributed by atoms with Crippen LogP contribution in [0, 0.1) is 0 Å². The van der Waals surface area contributed by atoms with Crippen molar-refractivity contribution in [3.63, 3.8) is 0 Å². The lowest BCUT2D eigenvalue weighted by Gasteiger charge is -2.30. The molecule has 0 saturated carbocycles. The number of amides is 1. The van der Waals surface area contributed by atoms with E-state index < -0.39 is 6.09 Å². The lowest BCUT2D eigenvalue weighted by atomic mass is 10.1. The molecule has 0 aromatic heterocycles. The fraction of sp³-hybridized carbons (Fsp3) is 0.300. The lowest BCUT2D eigenvalue weighted by molar-refractivity contribution is 0.0129. The second-order valence-electron chi connectivity index (χ2n) is 3.30. The Bertz CT molecular complexity index is 326. The van der Waals surface area contributed by atoms with Crippen molar-refractivity contribution in [2.45, 2.75) is 6.10 Å². The van der Waals surface area contributed by atoms with Crippen molar-refractivity contribution in [1.82, 2.24) is 10.4 Å². The van der Waals surface area contributed by atoms with Crippen molar-refractivity contribution in [2.75, 3.05) is 13.6 Å². The third-order valence-corrected chi connectivity index (χ3v) is 2.14. The lowest BCUT2D eigenvalue weighted by Crippen LogP contribution is -2.48. The fourth-order valence-electron chi connectivity index (χ4n) is 1.48. The highest BCUT2D eigenvalue weighted by Crippen LogP contribution is 2.20. The molecule has 1 unspecified atom stereocenters. The standard InChI is InChI=1S/C10H12N2O2/c1-12-7-9(14-10(13)11-12)8-5-3-2-4-6-8/h2-6,9H,7H2,1H3,(H,11,13). The molecule has 1 aliphatic rings. The van der Waals surface area contributed by atoms with Crippen LogP contribution in [0.2, 0.25) is 0 Å². The zero-order valence-electron chi connectivity index (χ0n) is 7.93. The smallest absolute Gasteiger partial charge is 0.422 e. The van der Waals surface area contributed by atoms with E-state index in [-0.39, 0.29) is 6.10 Å². The van der Waals surface area contributed by atoms with E-state index >= 15 is 0 Å². The van der Waals surface area contributed by atoms with Gasteiger partial charge in [0.1, 0.15) is 6.10 Å². The van der Waals surface area contributed by atoms with E-state index in [0.29, 0.717) is 6.54 Å². The monoisotopic (exact) mass is 192 g/mol. The number of rotatable bonds is 1. The van der Waals surface area contributed by atoms with E-state index in [9.17, 15) is 4.79 Å². The molecule has 0 radical (unpaired) electrons. The molecular formula is C10H12N2O2. The number of benzene rings is 1. The van der Waals surface area contributed by atoms with Crippen LogP contribution < -0.4 is 5.43 Å². The SMILES string of the molecule is CN1CC(c2ccccc2)OC(=O)N1. The number of nitrogens with zero attached hydrogens (tertiary/aromatic N) is 1. The minimum Gasteiger partial charge on any atom is -0.439 e. The van der Waals surface area contributed by atoms with E-state index in [2.05, 4.69) is 5.43 Å². The van der Waals surface area contributed by atoms with Crippen LogP contribution in [0.25, 0.3) is 0 Å². The minimum absolute atomic E-state index is 0.171. The molecule has 1 N–H and O–H groups in total. The second-order valence-corrected chi connectivity index (χ2v) is 3.30. The molecule has 1 aromatic carbocycles. The van der Waals surface area contributed by atoms with Gasteiger partial charge in [-0.25, -0.2) is 9.80 Å². The summed E-state index contributed by atoms with van der Waals surface area (Å²) in [5.41, 5.74) is 3.57. The van der Waals surface area contributed by atoms with Crippen molar-refractivity contribution in [1.29, 1.82) is 0 Å². The van der Waals surface area contributed by atoms with Crippen LogP contribution in [0.3, 0.4) is 0 Å². The molecule has 1 aromatic rings. The predicted octanol–water partition coefficient (Wildman–Crippen LogP) is 1.31. The molecule has 4 nitrogen and oxygen atoms in total. The number of hydrogen-bond donors (Lipinski definition) is 1. The zero-order valence-corrected chi connectivity index (χ0v) is 7.93. The van der Waals surface area contributed by atoms with Crippen molar-refractivity contribution in [2.24, 2.45) is 0 Å². The van der Waals surface area contributed by atoms with E-state index in [1.807, 2.05) is 37.4 Å². The number of likely N-dealkylation sites (N-methyl/N-ethyl adjacent to an activating group) is 1. The largest absolute Gasteiger partial charge is 0.439 e. The first kappa shape index (κ1) is 9.02. The second kappa shape index (κ2) is 3.67. The van der Waals surface area contributed by atoms with Crippen LogP contribution in [0.1, 0.15) is 11.7 Å². The quantitative estimate of drug-likeness (QED) is 0.729. The number of nitrogens with one attached hydrogen (secondary N) is 1. The highest BCUT2D eigenvalue weighted by molar-refractivity contribution is 5.67. The van der Waals surface area contributed by atoms with Gasteiger partial charge in [-0.1, -0.05) is 30.3 Å². The molecule has 1 atom stereocenters. The average molecular weight is 192 g/mol. The van der Waals surface area contributed by atoms with Crippen molar-refractivity contribution in [3.8, 4) is 0 Å². The molecule has 1 aliphatic heterocycles. The van der Waals surface area contributed by atoms with Crippen molar-refractivity contribution >= 4 is 6.09 Å². The first-order valence-electron chi connectivity index (χ1n) is 4.49. The topological polar surface area (TPSA) is 41.6 Å². The Morgan fingerprint density at radius 2 is 2.14 bits per heavy atom. The number of ether oxygens (including phenoxy) is 1. The first-order chi connectivity index (χ1) is 6.75. The van der Waals surface area contributed by atoms with Crippen LogP contribution in [0.15, 0.2) is 30.3 Å². The maximum absolute atomic E-state index is 11.1. The summed E-state index contributed by atoms with van der Waals surface area (Å²) in [6, 6.07) is 9.72. The summed E-state index contributed by atoms with van der Waals surface area (Å²) < 4.78 is 5.15. The molecule has 0 bridgehead atoms. The molecule has 1 amide bonds. The summed E-state index contributed by atoms with van der Waals surface area (Å²) >= 11 is 0. The van der Waals surface area contributed by atoms with Crippen molar-refractivity contribution in [3.05, 3.63) is 35.9 Å². The average Bonchev–Trinajstić information content (AvgIpc) is 2.18. The van der Waals surface area contributed by atoms with Gasteiger partial charge in [0.15, 0.2) is 0 Å². The van der Waals surface area contributed by atoms with Crippen LogP contribution in [-0.4, -0.2) is 24.7 Å². The van der Waals surface area contributed by atoms with E-state index in [0.717, 1.165) is 5.56 Å². The van der Waals surface area contributed by atoms with Crippen LogP contribution in [0.4, 0.5) is 4.79 Å². The summed E-state index contributed by atoms with van der Waals surface area (Å²) in [4.78, 5) is 11.1. The molecule has 0 aliphatic carbocycles. The van der Waals surface area contributed by atoms with E-state index in [4.69, 9.17) is 4.74 Å². The van der Waals surface area contributed by atoms with Gasteiger partial charge < -0.3 is 4.74 Å². The Morgan fingerprint density at radius 3 is 2.79 bits per heavy atom. The zero-order chi connectivity index (χ0) is 9.97. The van der Waals surface area contributed by atoms with Gasteiger partial charge in [-0.3, -0.25) is 5.43 Å². The Kier molecular flexibility index (Phi) is 2.37. The summed E-state index contributed by atoms with van der Waals surface area (Å²) in [6.45, 7) is 0.662. The number of hydrazine groups is 1. The number of cyclic esters (lactones) is 1. The van der Waals surface area contributed by atoms with Gasteiger partial charge >= 0.3 is 6.09 Å². The van der Waals surface area contributed by atoms with Gasteiger partial charge in [0.2, 0.25) is 0 Å². The maximum Gasteiger partial charge on any atom is 0.422 e. The first-order valence-corrected chi connectivity index (χ1v) is 4.49. The number of hydrogen-bond acceptors (Lipinski definition) is 3. The van der Waals surface area contributed by atoms with Crippen LogP contribution >= 0.6 is 0 Å². The fourth-order valence-corrected chi connectivity index (χ4v) is 1.48. The van der Waals surface area contributed by atoms with Gasteiger partial charge in [-0.15, -0.1) is 0 Å². The molecule has 1 saturated heterocycles. The van der Waals surface area contributed by atoms with Gasteiger partial charge in [0, 0.05) is 7.05 Å². The molecule has 2 rings (SSSR count). The molecule has 0 spiro atoms.